The van der Waals surface area contributed by atoms with E-state index in [-0.39, 0.29) is 0 Å². The first kappa shape index (κ1) is 12.3. The third-order valence-electron chi connectivity index (χ3n) is 2.26. The highest BCUT2D eigenvalue weighted by atomic mass is 127. The Labute approximate surface area is 114 Å². The zero-order chi connectivity index (χ0) is 12.3. The highest BCUT2D eigenvalue weighted by molar-refractivity contribution is 14.1. The molecule has 88 valence electrons. The molecule has 0 saturated heterocycles. The molecule has 0 bridgehead atoms. The van der Waals surface area contributed by atoms with Gasteiger partial charge in [0.25, 0.3) is 0 Å². The minimum absolute atomic E-state index is 0.505. The van der Waals surface area contributed by atoms with Gasteiger partial charge in [-0.2, -0.15) is 0 Å². The molecule has 1 unspecified atom stereocenters. The quantitative estimate of drug-likeness (QED) is 0.869. The number of pyridine rings is 1. The van der Waals surface area contributed by atoms with Crippen molar-refractivity contribution in [2.24, 2.45) is 0 Å². The van der Waals surface area contributed by atoms with Crippen molar-refractivity contribution in [2.45, 2.75) is 13.0 Å². The van der Waals surface area contributed by atoms with Crippen LogP contribution in [0.2, 0.25) is 0 Å². The molecular formula is C13H12INO2. The van der Waals surface area contributed by atoms with E-state index < -0.39 is 6.10 Å². The Kier molecular flexibility index (Phi) is 3.96. The van der Waals surface area contributed by atoms with Gasteiger partial charge in [-0.1, -0.05) is 6.07 Å². The van der Waals surface area contributed by atoms with Gasteiger partial charge in [-0.15, -0.1) is 0 Å². The monoisotopic (exact) mass is 341 g/mol. The summed E-state index contributed by atoms with van der Waals surface area (Å²) in [7, 11) is 0. The van der Waals surface area contributed by atoms with Gasteiger partial charge in [0.15, 0.2) is 0 Å². The average molecular weight is 341 g/mol. The van der Waals surface area contributed by atoms with Crippen LogP contribution in [-0.2, 0) is 0 Å². The van der Waals surface area contributed by atoms with Gasteiger partial charge in [0.05, 0.1) is 6.10 Å². The standard InChI is InChI=1S/C13H12INO2/c1-9(16)10-5-6-13(15-8-10)17-12-4-2-3-11(14)7-12/h2-9,16H,1H3. The smallest absolute Gasteiger partial charge is 0.219 e. The third kappa shape index (κ3) is 3.41. The molecule has 0 radical (unpaired) electrons. The highest BCUT2D eigenvalue weighted by Gasteiger charge is 2.03. The Morgan fingerprint density at radius 1 is 1.29 bits per heavy atom. The van der Waals surface area contributed by atoms with E-state index in [4.69, 9.17) is 4.74 Å². The molecule has 0 aliphatic rings. The molecule has 1 N–H and O–H groups in total. The van der Waals surface area contributed by atoms with E-state index in [1.807, 2.05) is 24.3 Å². The van der Waals surface area contributed by atoms with Crippen molar-refractivity contribution in [3.63, 3.8) is 0 Å². The summed E-state index contributed by atoms with van der Waals surface area (Å²) >= 11 is 2.23. The molecule has 17 heavy (non-hydrogen) atoms. The Bertz CT molecular complexity index is 497. The number of ether oxygens (including phenoxy) is 1. The van der Waals surface area contributed by atoms with Crippen LogP contribution in [0, 0.1) is 3.57 Å². The van der Waals surface area contributed by atoms with E-state index in [0.29, 0.717) is 5.88 Å². The second-order valence-corrected chi connectivity index (χ2v) is 4.91. The highest BCUT2D eigenvalue weighted by Crippen LogP contribution is 2.22. The van der Waals surface area contributed by atoms with Crippen LogP contribution in [0.15, 0.2) is 42.6 Å². The summed E-state index contributed by atoms with van der Waals surface area (Å²) in [6.45, 7) is 1.71. The third-order valence-corrected chi connectivity index (χ3v) is 2.93. The van der Waals surface area contributed by atoms with Crippen LogP contribution in [0.3, 0.4) is 0 Å². The maximum Gasteiger partial charge on any atom is 0.219 e. The van der Waals surface area contributed by atoms with Crippen molar-refractivity contribution >= 4 is 22.6 Å². The van der Waals surface area contributed by atoms with Crippen LogP contribution in [-0.4, -0.2) is 10.1 Å². The first-order valence-electron chi connectivity index (χ1n) is 5.22. The summed E-state index contributed by atoms with van der Waals surface area (Å²) in [4.78, 5) is 4.14. The number of aliphatic hydroxyl groups is 1. The first-order chi connectivity index (χ1) is 8.15. The predicted octanol–water partition coefficient (Wildman–Crippen LogP) is 3.53. The van der Waals surface area contributed by atoms with Gasteiger partial charge in [-0.3, -0.25) is 0 Å². The topological polar surface area (TPSA) is 42.4 Å². The largest absolute Gasteiger partial charge is 0.439 e. The number of halogens is 1. The van der Waals surface area contributed by atoms with Gasteiger partial charge in [0.1, 0.15) is 5.75 Å². The summed E-state index contributed by atoms with van der Waals surface area (Å²) in [5.74, 6) is 1.28. The normalized spacial score (nSPS) is 12.2. The lowest BCUT2D eigenvalue weighted by atomic mass is 10.2. The number of nitrogens with zero attached hydrogens (tertiary/aromatic N) is 1. The van der Waals surface area contributed by atoms with Crippen LogP contribution < -0.4 is 4.74 Å². The molecule has 1 aromatic carbocycles. The lowest BCUT2D eigenvalue weighted by Crippen LogP contribution is -1.93. The van der Waals surface area contributed by atoms with Crippen LogP contribution in [0.1, 0.15) is 18.6 Å². The number of hydrogen-bond acceptors (Lipinski definition) is 3. The molecule has 0 aliphatic carbocycles. The van der Waals surface area contributed by atoms with Crippen LogP contribution in [0.25, 0.3) is 0 Å². The summed E-state index contributed by atoms with van der Waals surface area (Å²) in [5, 5.41) is 9.36. The van der Waals surface area contributed by atoms with Gasteiger partial charge in [-0.25, -0.2) is 4.98 Å². The second-order valence-electron chi connectivity index (χ2n) is 3.67. The van der Waals surface area contributed by atoms with Crippen LogP contribution in [0.5, 0.6) is 11.6 Å². The number of aliphatic hydroxyl groups excluding tert-OH is 1. The Morgan fingerprint density at radius 2 is 2.12 bits per heavy atom. The molecule has 1 aromatic heterocycles. The average Bonchev–Trinajstić information content (AvgIpc) is 2.29. The fourth-order valence-corrected chi connectivity index (χ4v) is 1.86. The molecule has 3 nitrogen and oxygen atoms in total. The summed E-state index contributed by atoms with van der Waals surface area (Å²) in [6, 6.07) is 11.3. The van der Waals surface area contributed by atoms with Crippen molar-refractivity contribution < 1.29 is 9.84 Å². The van der Waals surface area contributed by atoms with Crippen molar-refractivity contribution in [3.05, 3.63) is 51.7 Å². The minimum Gasteiger partial charge on any atom is -0.439 e. The molecule has 0 fully saturated rings. The first-order valence-corrected chi connectivity index (χ1v) is 6.30. The number of rotatable bonds is 3. The van der Waals surface area contributed by atoms with Gasteiger partial charge in [-0.05, 0) is 59.3 Å². The summed E-state index contributed by atoms with van der Waals surface area (Å²) in [5.41, 5.74) is 0.778. The van der Waals surface area contributed by atoms with E-state index in [1.54, 1.807) is 25.3 Å². The molecule has 0 saturated carbocycles. The molecular weight excluding hydrogens is 329 g/mol. The molecule has 0 amide bonds. The number of hydrogen-bond donors (Lipinski definition) is 1. The van der Waals surface area contributed by atoms with Gasteiger partial charge in [0.2, 0.25) is 5.88 Å². The molecule has 4 heteroatoms. The second kappa shape index (κ2) is 5.46. The molecule has 2 rings (SSSR count). The lowest BCUT2D eigenvalue weighted by molar-refractivity contribution is 0.198. The van der Waals surface area contributed by atoms with Gasteiger partial charge >= 0.3 is 0 Å². The SMILES string of the molecule is CC(O)c1ccc(Oc2cccc(I)c2)nc1. The van der Waals surface area contributed by atoms with E-state index in [1.165, 1.54) is 0 Å². The van der Waals surface area contributed by atoms with Gasteiger partial charge < -0.3 is 9.84 Å². The van der Waals surface area contributed by atoms with Crippen molar-refractivity contribution in [1.82, 2.24) is 4.98 Å². The Hall–Kier alpha value is -1.14. The van der Waals surface area contributed by atoms with E-state index in [2.05, 4.69) is 27.6 Å². The fraction of sp³-hybridized carbons (Fsp3) is 0.154. The molecule has 0 aliphatic heterocycles. The number of benzene rings is 1. The Balaban J connectivity index is 2.14. The zero-order valence-corrected chi connectivity index (χ0v) is 11.5. The van der Waals surface area contributed by atoms with Crippen LogP contribution >= 0.6 is 22.6 Å². The zero-order valence-electron chi connectivity index (χ0n) is 9.30. The van der Waals surface area contributed by atoms with Crippen molar-refractivity contribution in [2.75, 3.05) is 0 Å². The molecule has 1 heterocycles. The van der Waals surface area contributed by atoms with Crippen LogP contribution in [0.4, 0.5) is 0 Å². The van der Waals surface area contributed by atoms with E-state index in [9.17, 15) is 5.11 Å². The lowest BCUT2D eigenvalue weighted by Gasteiger charge is -2.07. The van der Waals surface area contributed by atoms with E-state index >= 15 is 0 Å². The predicted molar refractivity (Wildman–Crippen MR) is 74.1 cm³/mol. The van der Waals surface area contributed by atoms with E-state index in [0.717, 1.165) is 14.9 Å². The maximum atomic E-state index is 9.36. The maximum absolute atomic E-state index is 9.36. The molecule has 1 atom stereocenters. The fourth-order valence-electron chi connectivity index (χ4n) is 1.35. The minimum atomic E-state index is -0.505. The molecule has 2 aromatic rings. The van der Waals surface area contributed by atoms with Crippen molar-refractivity contribution in [3.8, 4) is 11.6 Å². The summed E-state index contributed by atoms with van der Waals surface area (Å²) in [6.07, 6.45) is 1.11. The summed E-state index contributed by atoms with van der Waals surface area (Å²) < 4.78 is 6.71. The number of aromatic nitrogens is 1. The van der Waals surface area contributed by atoms with Gasteiger partial charge in [0, 0.05) is 15.8 Å². The Morgan fingerprint density at radius 3 is 2.71 bits per heavy atom. The van der Waals surface area contributed by atoms with Crippen molar-refractivity contribution in [1.29, 1.82) is 0 Å². The molecule has 0 spiro atoms.